The van der Waals surface area contributed by atoms with Gasteiger partial charge in [-0.25, -0.2) is 4.98 Å². The van der Waals surface area contributed by atoms with Crippen LogP contribution in [0.15, 0.2) is 82.1 Å². The van der Waals surface area contributed by atoms with Crippen molar-refractivity contribution in [2.24, 2.45) is 0 Å². The third kappa shape index (κ3) is 5.27. The molecular formula is C29H30BrN3O3. The summed E-state index contributed by atoms with van der Waals surface area (Å²) in [6, 6.07) is 22.1. The van der Waals surface area contributed by atoms with Crippen LogP contribution in [0, 0.1) is 0 Å². The first-order valence-electron chi connectivity index (χ1n) is 12.1. The van der Waals surface area contributed by atoms with Crippen LogP contribution in [-0.4, -0.2) is 40.6 Å². The van der Waals surface area contributed by atoms with Crippen LogP contribution in [0.5, 0.6) is 0 Å². The molecule has 7 heteroatoms. The van der Waals surface area contributed by atoms with Gasteiger partial charge in [0, 0.05) is 23.7 Å². The van der Waals surface area contributed by atoms with Gasteiger partial charge in [-0.2, -0.15) is 0 Å². The highest BCUT2D eigenvalue weighted by molar-refractivity contribution is 9.10. The number of halogens is 1. The molecule has 3 aromatic carbocycles. The Morgan fingerprint density at radius 3 is 2.36 bits per heavy atom. The van der Waals surface area contributed by atoms with Crippen molar-refractivity contribution in [3.05, 3.63) is 105 Å². The van der Waals surface area contributed by atoms with E-state index in [0.717, 1.165) is 16.6 Å². The molecule has 4 aromatic rings. The van der Waals surface area contributed by atoms with E-state index in [2.05, 4.69) is 22.9 Å². The van der Waals surface area contributed by atoms with Crippen LogP contribution in [0.4, 0.5) is 0 Å². The molecular weight excluding hydrogens is 518 g/mol. The third-order valence-corrected chi connectivity index (χ3v) is 6.88. The van der Waals surface area contributed by atoms with E-state index in [-0.39, 0.29) is 11.5 Å². The SMILES string of the molecule is CCc1ccc(-n2c(C(CC)N(CCOC)C(=O)c3ccc(Br)cc3)nc3ccccc3c2=O)cc1. The molecule has 0 saturated carbocycles. The Labute approximate surface area is 219 Å². The summed E-state index contributed by atoms with van der Waals surface area (Å²) in [7, 11) is 1.61. The molecule has 0 fully saturated rings. The van der Waals surface area contributed by atoms with Crippen LogP contribution < -0.4 is 5.56 Å². The average Bonchev–Trinajstić information content (AvgIpc) is 2.91. The Balaban J connectivity index is 1.92. The summed E-state index contributed by atoms with van der Waals surface area (Å²) in [5, 5.41) is 0.540. The monoisotopic (exact) mass is 547 g/mol. The zero-order chi connectivity index (χ0) is 25.7. The minimum absolute atomic E-state index is 0.137. The minimum atomic E-state index is -0.445. The molecule has 1 unspecified atom stereocenters. The summed E-state index contributed by atoms with van der Waals surface area (Å²) >= 11 is 3.44. The number of aryl methyl sites for hydroxylation is 1. The molecule has 1 amide bonds. The Kier molecular flexibility index (Phi) is 8.33. The number of para-hydroxylation sites is 1. The first-order valence-corrected chi connectivity index (χ1v) is 12.9. The molecule has 0 aliphatic rings. The van der Waals surface area contributed by atoms with E-state index in [0.29, 0.717) is 41.9 Å². The van der Waals surface area contributed by atoms with Crippen LogP contribution >= 0.6 is 15.9 Å². The predicted molar refractivity (Wildman–Crippen MR) is 147 cm³/mol. The summed E-state index contributed by atoms with van der Waals surface area (Å²) in [5.41, 5.74) is 2.93. The lowest BCUT2D eigenvalue weighted by Crippen LogP contribution is -2.40. The smallest absolute Gasteiger partial charge is 0.266 e. The molecule has 1 aromatic heterocycles. The van der Waals surface area contributed by atoms with E-state index in [9.17, 15) is 9.59 Å². The number of methoxy groups -OCH3 is 1. The Bertz CT molecular complexity index is 1400. The number of carbonyl (C=O) groups is 1. The van der Waals surface area contributed by atoms with Crippen LogP contribution in [0.3, 0.4) is 0 Å². The first-order chi connectivity index (χ1) is 17.5. The summed E-state index contributed by atoms with van der Waals surface area (Å²) in [6.45, 7) is 4.83. The maximum atomic E-state index is 13.8. The maximum Gasteiger partial charge on any atom is 0.266 e. The minimum Gasteiger partial charge on any atom is -0.383 e. The average molecular weight is 548 g/mol. The van der Waals surface area contributed by atoms with Crippen molar-refractivity contribution in [1.82, 2.24) is 14.5 Å². The van der Waals surface area contributed by atoms with E-state index in [1.807, 2.05) is 61.5 Å². The lowest BCUT2D eigenvalue weighted by Gasteiger charge is -2.32. The van der Waals surface area contributed by atoms with Gasteiger partial charge >= 0.3 is 0 Å². The van der Waals surface area contributed by atoms with E-state index >= 15 is 0 Å². The van der Waals surface area contributed by atoms with Crippen molar-refractivity contribution in [1.29, 1.82) is 0 Å². The number of benzene rings is 3. The molecule has 4 rings (SSSR count). The van der Waals surface area contributed by atoms with Gasteiger partial charge in [-0.3, -0.25) is 14.2 Å². The number of hydrogen-bond donors (Lipinski definition) is 0. The van der Waals surface area contributed by atoms with Gasteiger partial charge in [0.05, 0.1) is 29.2 Å². The quantitative estimate of drug-likeness (QED) is 0.259. The molecule has 0 aliphatic carbocycles. The van der Waals surface area contributed by atoms with Crippen molar-refractivity contribution in [2.75, 3.05) is 20.3 Å². The van der Waals surface area contributed by atoms with Gasteiger partial charge in [-0.05, 0) is 66.9 Å². The van der Waals surface area contributed by atoms with E-state index in [1.54, 1.807) is 34.8 Å². The Morgan fingerprint density at radius 1 is 1.03 bits per heavy atom. The second-order valence-corrected chi connectivity index (χ2v) is 9.49. The van der Waals surface area contributed by atoms with Gasteiger partial charge in [0.15, 0.2) is 0 Å². The number of carbonyl (C=O) groups excluding carboxylic acids is 1. The van der Waals surface area contributed by atoms with E-state index in [1.165, 1.54) is 5.56 Å². The largest absolute Gasteiger partial charge is 0.383 e. The zero-order valence-electron chi connectivity index (χ0n) is 20.8. The standard InChI is InChI=1S/C29H30BrN3O3/c1-4-20-10-16-23(17-11-20)33-27(31-25-9-7-6-8-24(25)29(33)35)26(5-2)32(18-19-36-3)28(34)21-12-14-22(30)15-13-21/h6-17,26H,4-5,18-19H2,1-3H3. The Morgan fingerprint density at radius 2 is 1.72 bits per heavy atom. The zero-order valence-corrected chi connectivity index (χ0v) is 22.4. The summed E-state index contributed by atoms with van der Waals surface area (Å²) in [5.74, 6) is 0.397. The fraction of sp³-hybridized carbons (Fsp3) is 0.276. The van der Waals surface area contributed by atoms with Crippen molar-refractivity contribution in [2.45, 2.75) is 32.7 Å². The summed E-state index contributed by atoms with van der Waals surface area (Å²) in [4.78, 5) is 34.3. The molecule has 186 valence electrons. The lowest BCUT2D eigenvalue weighted by molar-refractivity contribution is 0.0579. The van der Waals surface area contributed by atoms with Crippen molar-refractivity contribution in [3.63, 3.8) is 0 Å². The van der Waals surface area contributed by atoms with Crippen LogP contribution in [-0.2, 0) is 11.2 Å². The van der Waals surface area contributed by atoms with Crippen molar-refractivity contribution < 1.29 is 9.53 Å². The lowest BCUT2D eigenvalue weighted by atomic mass is 10.1. The third-order valence-electron chi connectivity index (χ3n) is 6.35. The number of nitrogens with zero attached hydrogens (tertiary/aromatic N) is 3. The van der Waals surface area contributed by atoms with Crippen LogP contribution in [0.25, 0.3) is 16.6 Å². The van der Waals surface area contributed by atoms with E-state index in [4.69, 9.17) is 9.72 Å². The highest BCUT2D eigenvalue weighted by Crippen LogP contribution is 2.28. The highest BCUT2D eigenvalue weighted by Gasteiger charge is 2.29. The van der Waals surface area contributed by atoms with Gasteiger partial charge in [0.25, 0.3) is 11.5 Å². The van der Waals surface area contributed by atoms with Gasteiger partial charge in [0.2, 0.25) is 0 Å². The number of aromatic nitrogens is 2. The number of fused-ring (bicyclic) bond motifs is 1. The molecule has 0 saturated heterocycles. The molecule has 0 aliphatic heterocycles. The van der Waals surface area contributed by atoms with E-state index < -0.39 is 6.04 Å². The van der Waals surface area contributed by atoms with Gasteiger partial charge in [0.1, 0.15) is 5.82 Å². The van der Waals surface area contributed by atoms with Crippen LogP contribution in [0.2, 0.25) is 0 Å². The first kappa shape index (κ1) is 25.8. The molecule has 1 heterocycles. The molecule has 1 atom stereocenters. The fourth-order valence-corrected chi connectivity index (χ4v) is 4.66. The van der Waals surface area contributed by atoms with Gasteiger partial charge in [-0.15, -0.1) is 0 Å². The normalized spacial score (nSPS) is 12.0. The maximum absolute atomic E-state index is 13.8. The second-order valence-electron chi connectivity index (χ2n) is 8.57. The summed E-state index contributed by atoms with van der Waals surface area (Å²) in [6.07, 6.45) is 1.48. The number of rotatable bonds is 9. The topological polar surface area (TPSA) is 64.4 Å². The molecule has 36 heavy (non-hydrogen) atoms. The summed E-state index contributed by atoms with van der Waals surface area (Å²) < 4.78 is 7.91. The molecule has 0 spiro atoms. The number of hydrogen-bond acceptors (Lipinski definition) is 4. The highest BCUT2D eigenvalue weighted by atomic mass is 79.9. The molecule has 0 bridgehead atoms. The number of amides is 1. The van der Waals surface area contributed by atoms with Crippen molar-refractivity contribution in [3.8, 4) is 5.69 Å². The molecule has 6 nitrogen and oxygen atoms in total. The molecule has 0 N–H and O–H groups in total. The van der Waals surface area contributed by atoms with Crippen molar-refractivity contribution >= 4 is 32.7 Å². The predicted octanol–water partition coefficient (Wildman–Crippen LogP) is 5.95. The second kappa shape index (κ2) is 11.6. The molecule has 0 radical (unpaired) electrons. The number of ether oxygens (including phenoxy) is 1. The van der Waals surface area contributed by atoms with Gasteiger partial charge in [-0.1, -0.05) is 54.0 Å². The van der Waals surface area contributed by atoms with Crippen LogP contribution in [0.1, 0.15) is 48.1 Å². The Hall–Kier alpha value is -3.29. The fourth-order valence-electron chi connectivity index (χ4n) is 4.39. The van der Waals surface area contributed by atoms with Gasteiger partial charge < -0.3 is 9.64 Å².